The van der Waals surface area contributed by atoms with Crippen molar-refractivity contribution in [2.75, 3.05) is 7.11 Å². The summed E-state index contributed by atoms with van der Waals surface area (Å²) in [5.74, 6) is -1.14. The molecule has 218 valence electrons. The third kappa shape index (κ3) is 4.88. The largest absolute Gasteiger partial charge is 0.514 e. The lowest BCUT2D eigenvalue weighted by molar-refractivity contribution is -0.384. The molecular weight excluding hydrogens is 564 g/mol. The van der Waals surface area contributed by atoms with Crippen LogP contribution in [-0.4, -0.2) is 34.5 Å². The lowest BCUT2D eigenvalue weighted by Crippen LogP contribution is -2.18. The second-order valence-electron chi connectivity index (χ2n) is 10.0. The molecule has 0 N–H and O–H groups in total. The molecule has 6 rings (SSSR count). The number of rotatable bonds is 7. The van der Waals surface area contributed by atoms with Gasteiger partial charge in [-0.25, -0.2) is 9.59 Å². The highest BCUT2D eigenvalue weighted by molar-refractivity contribution is 6.24. The van der Waals surface area contributed by atoms with Crippen molar-refractivity contribution in [3.05, 3.63) is 147 Å². The quantitative estimate of drug-likeness (QED) is 0.0872. The summed E-state index contributed by atoms with van der Waals surface area (Å²) in [6.45, 7) is 4.41. The first-order valence-corrected chi connectivity index (χ1v) is 13.5. The average molecular weight is 589 g/mol. The van der Waals surface area contributed by atoms with Crippen molar-refractivity contribution in [1.29, 1.82) is 0 Å². The average Bonchev–Trinajstić information content (AvgIpc) is 3.37. The Labute approximate surface area is 250 Å². The first-order valence-electron chi connectivity index (χ1n) is 13.5. The van der Waals surface area contributed by atoms with Crippen molar-refractivity contribution in [2.45, 2.75) is 13.2 Å². The van der Waals surface area contributed by atoms with Gasteiger partial charge >= 0.3 is 12.1 Å². The van der Waals surface area contributed by atoms with E-state index in [9.17, 15) is 24.5 Å². The number of nitro groups is 1. The van der Waals surface area contributed by atoms with E-state index in [0.29, 0.717) is 51.0 Å². The third-order valence-corrected chi connectivity index (χ3v) is 7.48. The molecule has 0 saturated heterocycles. The number of esters is 1. The first kappa shape index (κ1) is 28.1. The Balaban J connectivity index is 1.45. The van der Waals surface area contributed by atoms with Crippen LogP contribution in [0, 0.1) is 10.1 Å². The number of ether oxygens (including phenoxy) is 3. The van der Waals surface area contributed by atoms with Crippen LogP contribution in [0.5, 0.6) is 5.75 Å². The van der Waals surface area contributed by atoms with Crippen molar-refractivity contribution in [1.82, 2.24) is 4.57 Å². The van der Waals surface area contributed by atoms with Gasteiger partial charge in [0, 0.05) is 35.2 Å². The van der Waals surface area contributed by atoms with E-state index < -0.39 is 17.0 Å². The van der Waals surface area contributed by atoms with Crippen molar-refractivity contribution in [3.63, 3.8) is 0 Å². The molecule has 10 nitrogen and oxygen atoms in total. The second-order valence-corrected chi connectivity index (χ2v) is 10.0. The Morgan fingerprint density at radius 1 is 0.886 bits per heavy atom. The summed E-state index contributed by atoms with van der Waals surface area (Å²) in [7, 11) is 1.21. The molecule has 4 aromatic carbocycles. The number of ketones is 1. The molecule has 1 aliphatic carbocycles. The zero-order valence-corrected chi connectivity index (χ0v) is 23.4. The summed E-state index contributed by atoms with van der Waals surface area (Å²) in [6.07, 6.45) is -1.11. The Hall–Kier alpha value is -6.03. The van der Waals surface area contributed by atoms with Gasteiger partial charge in [0.25, 0.3) is 5.69 Å². The van der Waals surface area contributed by atoms with Gasteiger partial charge in [0.15, 0.2) is 0 Å². The number of hydrogen-bond donors (Lipinski definition) is 0. The van der Waals surface area contributed by atoms with Gasteiger partial charge in [-0.2, -0.15) is 0 Å². The van der Waals surface area contributed by atoms with Crippen LogP contribution in [-0.2, 0) is 22.6 Å². The van der Waals surface area contributed by atoms with Crippen LogP contribution in [0.4, 0.5) is 10.5 Å². The van der Waals surface area contributed by atoms with Crippen molar-refractivity contribution < 1.29 is 33.5 Å². The summed E-state index contributed by atoms with van der Waals surface area (Å²) in [5, 5.41) is 11.3. The number of fused-ring (bicyclic) bond motifs is 4. The number of non-ortho nitro benzene ring substituents is 1. The Morgan fingerprint density at radius 2 is 1.57 bits per heavy atom. The molecule has 0 radical (unpaired) electrons. The fourth-order valence-corrected chi connectivity index (χ4v) is 5.46. The second kappa shape index (κ2) is 11.3. The zero-order chi connectivity index (χ0) is 31.0. The molecule has 0 unspecified atom stereocenters. The van der Waals surface area contributed by atoms with Crippen LogP contribution in [0.3, 0.4) is 0 Å². The maximum atomic E-state index is 14.0. The predicted octanol–water partition coefficient (Wildman–Crippen LogP) is 6.71. The number of carbonyl (C=O) groups is 3. The number of aromatic nitrogens is 1. The van der Waals surface area contributed by atoms with Gasteiger partial charge in [-0.05, 0) is 46.5 Å². The summed E-state index contributed by atoms with van der Waals surface area (Å²) in [4.78, 5) is 50.5. The van der Waals surface area contributed by atoms with Gasteiger partial charge in [0.1, 0.15) is 17.9 Å². The molecule has 0 fully saturated rings. The lowest BCUT2D eigenvalue weighted by atomic mass is 9.83. The molecule has 0 amide bonds. The monoisotopic (exact) mass is 588 g/mol. The van der Waals surface area contributed by atoms with Gasteiger partial charge in [0.2, 0.25) is 5.78 Å². The van der Waals surface area contributed by atoms with Crippen molar-refractivity contribution in [3.8, 4) is 5.75 Å². The van der Waals surface area contributed by atoms with Gasteiger partial charge in [-0.15, -0.1) is 0 Å². The van der Waals surface area contributed by atoms with Gasteiger partial charge in [-0.1, -0.05) is 61.2 Å². The molecule has 1 heterocycles. The van der Waals surface area contributed by atoms with Crippen LogP contribution < -0.4 is 4.74 Å². The van der Waals surface area contributed by atoms with Crippen molar-refractivity contribution >= 4 is 40.1 Å². The highest BCUT2D eigenvalue weighted by Gasteiger charge is 2.35. The summed E-state index contributed by atoms with van der Waals surface area (Å²) in [6, 6.07) is 25.3. The maximum Gasteiger partial charge on any atom is 0.514 e. The SMILES string of the molecule is C=C1c2ccccc2C(=O)c2c1c1c(C(=O)OC)c(OC(=O)OCc3ccc([N+](=O)[O-])cc3)ccc1n2Cc1ccccc1. The van der Waals surface area contributed by atoms with Crippen LogP contribution in [0.15, 0.2) is 97.6 Å². The van der Waals surface area contributed by atoms with Crippen LogP contribution in [0.25, 0.3) is 16.5 Å². The minimum absolute atomic E-state index is 0.0614. The standard InChI is InChI=1S/C34H24N2O8/c1-20-24-10-6-7-11-25(24)32(37)31-28(20)29-26(35(31)18-21-8-4-3-5-9-21)16-17-27(30(29)33(38)42-2)44-34(39)43-19-22-12-14-23(15-13-22)36(40)41/h3-17H,1,18-19H2,2H3. The molecule has 5 aromatic rings. The summed E-state index contributed by atoms with van der Waals surface area (Å²) < 4.78 is 17.7. The van der Waals surface area contributed by atoms with Gasteiger partial charge in [-0.3, -0.25) is 14.9 Å². The molecular formula is C34H24N2O8. The van der Waals surface area contributed by atoms with Gasteiger partial charge in [0.05, 0.1) is 23.2 Å². The molecule has 44 heavy (non-hydrogen) atoms. The number of hydrogen-bond acceptors (Lipinski definition) is 8. The number of benzene rings is 4. The highest BCUT2D eigenvalue weighted by atomic mass is 16.7. The molecule has 0 atom stereocenters. The van der Waals surface area contributed by atoms with E-state index in [2.05, 4.69) is 6.58 Å². The molecule has 0 saturated carbocycles. The van der Waals surface area contributed by atoms with E-state index >= 15 is 0 Å². The number of carbonyl (C=O) groups excluding carboxylic acids is 3. The van der Waals surface area contributed by atoms with Crippen LogP contribution in [0.1, 0.15) is 48.7 Å². The minimum atomic E-state index is -1.11. The molecule has 0 bridgehead atoms. The van der Waals surface area contributed by atoms with E-state index in [-0.39, 0.29) is 29.4 Å². The molecule has 1 aliphatic rings. The van der Waals surface area contributed by atoms with E-state index in [1.165, 1.54) is 37.4 Å². The van der Waals surface area contributed by atoms with E-state index in [0.717, 1.165) is 5.56 Å². The van der Waals surface area contributed by atoms with Crippen molar-refractivity contribution in [2.24, 2.45) is 0 Å². The fourth-order valence-electron chi connectivity index (χ4n) is 5.46. The number of nitro benzene ring substituents is 1. The van der Waals surface area contributed by atoms with E-state index in [1.54, 1.807) is 24.3 Å². The third-order valence-electron chi connectivity index (χ3n) is 7.48. The molecule has 10 heteroatoms. The smallest absolute Gasteiger partial charge is 0.465 e. The minimum Gasteiger partial charge on any atom is -0.465 e. The molecule has 0 aliphatic heterocycles. The van der Waals surface area contributed by atoms with Crippen LogP contribution >= 0.6 is 0 Å². The number of nitrogens with zero attached hydrogens (tertiary/aromatic N) is 2. The van der Waals surface area contributed by atoms with Crippen LogP contribution in [0.2, 0.25) is 0 Å². The van der Waals surface area contributed by atoms with E-state index in [1.807, 2.05) is 41.0 Å². The zero-order valence-electron chi connectivity index (χ0n) is 23.4. The Kier molecular flexibility index (Phi) is 7.24. The summed E-state index contributed by atoms with van der Waals surface area (Å²) >= 11 is 0. The topological polar surface area (TPSA) is 127 Å². The number of methoxy groups -OCH3 is 1. The maximum absolute atomic E-state index is 14.0. The highest BCUT2D eigenvalue weighted by Crippen LogP contribution is 2.44. The predicted molar refractivity (Wildman–Crippen MR) is 161 cm³/mol. The van der Waals surface area contributed by atoms with Gasteiger partial charge < -0.3 is 18.8 Å². The Bertz CT molecular complexity index is 1990. The lowest BCUT2D eigenvalue weighted by Gasteiger charge is -2.20. The Morgan fingerprint density at radius 3 is 2.25 bits per heavy atom. The fraction of sp³-hybridized carbons (Fsp3) is 0.0882. The summed E-state index contributed by atoms with van der Waals surface area (Å²) in [5.41, 5.74) is 4.28. The molecule has 1 aromatic heterocycles. The first-order chi connectivity index (χ1) is 21.3. The van der Waals surface area contributed by atoms with E-state index in [4.69, 9.17) is 14.2 Å². The molecule has 0 spiro atoms. The normalized spacial score (nSPS) is 11.9.